The van der Waals surface area contributed by atoms with E-state index in [1.165, 1.54) is 6.42 Å². The summed E-state index contributed by atoms with van der Waals surface area (Å²) in [5.41, 5.74) is 0. The van der Waals surface area contributed by atoms with E-state index < -0.39 is 0 Å². The van der Waals surface area contributed by atoms with Crippen LogP contribution in [0.1, 0.15) is 32.1 Å². The molecule has 0 bridgehead atoms. The van der Waals surface area contributed by atoms with E-state index in [2.05, 4.69) is 16.0 Å². The van der Waals surface area contributed by atoms with Crippen LogP contribution in [0.15, 0.2) is 0 Å². The van der Waals surface area contributed by atoms with E-state index in [4.69, 9.17) is 0 Å². The Balaban J connectivity index is 0.00000180. The number of hydrogen-bond acceptors (Lipinski definition) is 3. The Hall–Kier alpha value is -0.810. The Bertz CT molecular complexity index is 302. The molecule has 0 aromatic heterocycles. The van der Waals surface area contributed by atoms with E-state index in [0.717, 1.165) is 32.4 Å². The van der Waals surface area contributed by atoms with Gasteiger partial charge in [-0.3, -0.25) is 9.59 Å². The van der Waals surface area contributed by atoms with Crippen molar-refractivity contribution in [1.29, 1.82) is 0 Å². The molecule has 5 nitrogen and oxygen atoms in total. The SMILES string of the molecule is Cl.O=C(CCC1CCNC1)NCCNC(=O)C1CC1. The zero-order chi connectivity index (χ0) is 12.8. The molecule has 1 aliphatic heterocycles. The van der Waals surface area contributed by atoms with Gasteiger partial charge in [-0.15, -0.1) is 12.4 Å². The highest BCUT2D eigenvalue weighted by atomic mass is 35.5. The minimum Gasteiger partial charge on any atom is -0.354 e. The third-order valence-electron chi connectivity index (χ3n) is 3.64. The average Bonchev–Trinajstić information content (AvgIpc) is 3.09. The van der Waals surface area contributed by atoms with Gasteiger partial charge in [0.2, 0.25) is 11.8 Å². The molecule has 1 aliphatic carbocycles. The van der Waals surface area contributed by atoms with Crippen LogP contribution in [0.25, 0.3) is 0 Å². The molecule has 0 aromatic rings. The molecule has 0 radical (unpaired) electrons. The summed E-state index contributed by atoms with van der Waals surface area (Å²) in [6.45, 7) is 3.22. The van der Waals surface area contributed by atoms with Gasteiger partial charge in [0.1, 0.15) is 0 Å². The topological polar surface area (TPSA) is 70.2 Å². The summed E-state index contributed by atoms with van der Waals surface area (Å²) in [5.74, 6) is 1.14. The van der Waals surface area contributed by atoms with Crippen molar-refractivity contribution in [3.63, 3.8) is 0 Å². The molecule has 2 amide bonds. The Labute approximate surface area is 120 Å². The number of rotatable bonds is 7. The number of carbonyl (C=O) groups is 2. The van der Waals surface area contributed by atoms with Gasteiger partial charge in [-0.25, -0.2) is 0 Å². The van der Waals surface area contributed by atoms with Crippen LogP contribution in [0.5, 0.6) is 0 Å². The minimum atomic E-state index is 0. The maximum absolute atomic E-state index is 11.5. The van der Waals surface area contributed by atoms with Crippen molar-refractivity contribution >= 4 is 24.2 Å². The molecule has 1 saturated heterocycles. The van der Waals surface area contributed by atoms with Crippen molar-refractivity contribution in [3.8, 4) is 0 Å². The van der Waals surface area contributed by atoms with E-state index in [9.17, 15) is 9.59 Å². The van der Waals surface area contributed by atoms with Crippen LogP contribution in [0, 0.1) is 11.8 Å². The molecule has 0 spiro atoms. The lowest BCUT2D eigenvalue weighted by atomic mass is 10.0. The first-order chi connectivity index (χ1) is 8.75. The first-order valence-corrected chi connectivity index (χ1v) is 7.01. The highest BCUT2D eigenvalue weighted by molar-refractivity contribution is 5.85. The fourth-order valence-electron chi connectivity index (χ4n) is 2.26. The standard InChI is InChI=1S/C13H23N3O2.ClH/c17-12(4-1-10-5-6-14-9-10)15-7-8-16-13(18)11-2-3-11;/h10-11,14H,1-9H2,(H,15,17)(H,16,18);1H. The predicted octanol–water partition coefficient (Wildman–Crippen LogP) is 0.440. The lowest BCUT2D eigenvalue weighted by molar-refractivity contribution is -0.123. The first-order valence-electron chi connectivity index (χ1n) is 7.01. The van der Waals surface area contributed by atoms with Gasteiger partial charge in [0.05, 0.1) is 0 Å². The summed E-state index contributed by atoms with van der Waals surface area (Å²) >= 11 is 0. The van der Waals surface area contributed by atoms with Crippen LogP contribution in [0.3, 0.4) is 0 Å². The van der Waals surface area contributed by atoms with Crippen molar-refractivity contribution in [2.45, 2.75) is 32.1 Å². The molecular formula is C13H24ClN3O2. The van der Waals surface area contributed by atoms with Crippen LogP contribution in [0.2, 0.25) is 0 Å². The van der Waals surface area contributed by atoms with Crippen LogP contribution >= 0.6 is 12.4 Å². The molecular weight excluding hydrogens is 266 g/mol. The van der Waals surface area contributed by atoms with Crippen LogP contribution in [-0.2, 0) is 9.59 Å². The second-order valence-electron chi connectivity index (χ2n) is 5.31. The van der Waals surface area contributed by atoms with Gasteiger partial charge in [0.25, 0.3) is 0 Å². The molecule has 1 saturated carbocycles. The first kappa shape index (κ1) is 16.2. The maximum Gasteiger partial charge on any atom is 0.223 e. The Morgan fingerprint density at radius 1 is 1.11 bits per heavy atom. The third kappa shape index (κ3) is 6.25. The molecule has 6 heteroatoms. The molecule has 19 heavy (non-hydrogen) atoms. The van der Waals surface area contributed by atoms with Crippen molar-refractivity contribution in [3.05, 3.63) is 0 Å². The van der Waals surface area contributed by atoms with E-state index in [0.29, 0.717) is 25.4 Å². The smallest absolute Gasteiger partial charge is 0.223 e. The Kier molecular flexibility index (Phi) is 7.16. The molecule has 2 fully saturated rings. The van der Waals surface area contributed by atoms with E-state index in [1.807, 2.05) is 0 Å². The second kappa shape index (κ2) is 8.38. The zero-order valence-electron chi connectivity index (χ0n) is 11.2. The van der Waals surface area contributed by atoms with Crippen molar-refractivity contribution in [1.82, 2.24) is 16.0 Å². The summed E-state index contributed by atoms with van der Waals surface area (Å²) in [7, 11) is 0. The lowest BCUT2D eigenvalue weighted by Crippen LogP contribution is -2.35. The van der Waals surface area contributed by atoms with Crippen LogP contribution in [-0.4, -0.2) is 38.0 Å². The predicted molar refractivity (Wildman–Crippen MR) is 76.2 cm³/mol. The molecule has 2 aliphatic rings. The number of amides is 2. The van der Waals surface area contributed by atoms with Crippen molar-refractivity contribution in [2.75, 3.05) is 26.2 Å². The monoisotopic (exact) mass is 289 g/mol. The molecule has 2 rings (SSSR count). The second-order valence-corrected chi connectivity index (χ2v) is 5.31. The molecule has 1 unspecified atom stereocenters. The highest BCUT2D eigenvalue weighted by Gasteiger charge is 2.28. The molecule has 1 atom stereocenters. The van der Waals surface area contributed by atoms with Gasteiger partial charge in [0, 0.05) is 25.4 Å². The average molecular weight is 290 g/mol. The van der Waals surface area contributed by atoms with Gasteiger partial charge in [-0.05, 0) is 44.7 Å². The summed E-state index contributed by atoms with van der Waals surface area (Å²) < 4.78 is 0. The van der Waals surface area contributed by atoms with E-state index in [-0.39, 0.29) is 30.1 Å². The number of halogens is 1. The summed E-state index contributed by atoms with van der Waals surface area (Å²) in [5, 5.41) is 8.98. The number of nitrogens with one attached hydrogen (secondary N) is 3. The maximum atomic E-state index is 11.5. The largest absolute Gasteiger partial charge is 0.354 e. The highest BCUT2D eigenvalue weighted by Crippen LogP contribution is 2.28. The van der Waals surface area contributed by atoms with Gasteiger partial charge in [-0.2, -0.15) is 0 Å². The summed E-state index contributed by atoms with van der Waals surface area (Å²) in [4.78, 5) is 22.9. The zero-order valence-corrected chi connectivity index (χ0v) is 12.1. The summed E-state index contributed by atoms with van der Waals surface area (Å²) in [6.07, 6.45) is 4.79. The van der Waals surface area contributed by atoms with Gasteiger partial charge < -0.3 is 16.0 Å². The van der Waals surface area contributed by atoms with Gasteiger partial charge in [0.15, 0.2) is 0 Å². The summed E-state index contributed by atoms with van der Waals surface area (Å²) in [6, 6.07) is 0. The van der Waals surface area contributed by atoms with E-state index >= 15 is 0 Å². The molecule has 1 heterocycles. The molecule has 110 valence electrons. The normalized spacial score (nSPS) is 21.6. The molecule has 3 N–H and O–H groups in total. The van der Waals surface area contributed by atoms with E-state index in [1.54, 1.807) is 0 Å². The Morgan fingerprint density at radius 2 is 1.84 bits per heavy atom. The quantitative estimate of drug-likeness (QED) is 0.596. The minimum absolute atomic E-state index is 0. The lowest BCUT2D eigenvalue weighted by Gasteiger charge is -2.09. The number of hydrogen-bond donors (Lipinski definition) is 3. The van der Waals surface area contributed by atoms with Crippen LogP contribution in [0.4, 0.5) is 0 Å². The third-order valence-corrected chi connectivity index (χ3v) is 3.64. The van der Waals surface area contributed by atoms with Gasteiger partial charge in [-0.1, -0.05) is 0 Å². The van der Waals surface area contributed by atoms with Gasteiger partial charge >= 0.3 is 0 Å². The Morgan fingerprint density at radius 3 is 2.47 bits per heavy atom. The fraction of sp³-hybridized carbons (Fsp3) is 0.846. The number of carbonyl (C=O) groups excluding carboxylic acids is 2. The van der Waals surface area contributed by atoms with Crippen molar-refractivity contribution < 1.29 is 9.59 Å². The fourth-order valence-corrected chi connectivity index (χ4v) is 2.26. The van der Waals surface area contributed by atoms with Crippen LogP contribution < -0.4 is 16.0 Å². The van der Waals surface area contributed by atoms with Crippen molar-refractivity contribution in [2.24, 2.45) is 11.8 Å². The molecule has 0 aromatic carbocycles.